The molecule has 2 N–H and O–H groups in total. The Kier molecular flexibility index (Phi) is 5.53. The highest BCUT2D eigenvalue weighted by molar-refractivity contribution is 6.04. The normalized spacial score (nSPS) is 15.1. The van der Waals surface area contributed by atoms with Crippen molar-refractivity contribution in [1.82, 2.24) is 19.5 Å². The summed E-state index contributed by atoms with van der Waals surface area (Å²) in [6.45, 7) is 3.74. The molecule has 1 aliphatic rings. The van der Waals surface area contributed by atoms with Crippen LogP contribution in [0.2, 0.25) is 0 Å². The van der Waals surface area contributed by atoms with Crippen LogP contribution in [0, 0.1) is 5.82 Å². The van der Waals surface area contributed by atoms with Gasteiger partial charge in [-0.15, -0.1) is 4.68 Å². The van der Waals surface area contributed by atoms with Gasteiger partial charge in [-0.05, 0) is 42.0 Å². The van der Waals surface area contributed by atoms with Crippen molar-refractivity contribution in [3.63, 3.8) is 0 Å². The molecule has 0 atom stereocenters. The minimum atomic E-state index is -0.712. The topological polar surface area (TPSA) is 105 Å². The minimum Gasteiger partial charge on any atom is -0.496 e. The van der Waals surface area contributed by atoms with E-state index >= 15 is 0 Å². The molecule has 0 spiro atoms. The number of methoxy groups -OCH3 is 1. The summed E-state index contributed by atoms with van der Waals surface area (Å²) in [5, 5.41) is 4.55. The van der Waals surface area contributed by atoms with Gasteiger partial charge in [0.05, 0.1) is 32.1 Å². The molecule has 0 bridgehead atoms. The number of H-pyrrole nitrogens is 2. The Morgan fingerprint density at radius 3 is 2.73 bits per heavy atom. The average molecular weight is 451 g/mol. The van der Waals surface area contributed by atoms with Crippen LogP contribution < -0.4 is 16.0 Å². The lowest BCUT2D eigenvalue weighted by Gasteiger charge is -2.27. The van der Waals surface area contributed by atoms with Crippen molar-refractivity contribution in [3.05, 3.63) is 74.2 Å². The molecule has 1 aliphatic heterocycles. The lowest BCUT2D eigenvalue weighted by atomic mass is 10.1. The fraction of sp³-hybridized carbons (Fsp3) is 0.261. The summed E-state index contributed by atoms with van der Waals surface area (Å²) in [5.74, 6) is 0.291. The number of nitrogens with zero attached hydrogens (tertiary/aromatic N) is 3. The van der Waals surface area contributed by atoms with Crippen molar-refractivity contribution < 1.29 is 13.9 Å². The van der Waals surface area contributed by atoms with Crippen molar-refractivity contribution in [3.8, 4) is 5.75 Å². The summed E-state index contributed by atoms with van der Waals surface area (Å²) in [6, 6.07) is 9.62. The number of hydrogen-bond acceptors (Lipinski definition) is 6. The largest absolute Gasteiger partial charge is 0.496 e. The molecule has 170 valence electrons. The molecular formula is C23H22FN5O4. The van der Waals surface area contributed by atoms with Crippen molar-refractivity contribution in [2.45, 2.75) is 6.54 Å². The van der Waals surface area contributed by atoms with E-state index in [1.54, 1.807) is 13.2 Å². The molecule has 10 heteroatoms. The first-order chi connectivity index (χ1) is 16.0. The fourth-order valence-corrected chi connectivity index (χ4v) is 4.04. The Morgan fingerprint density at radius 2 is 1.94 bits per heavy atom. The van der Waals surface area contributed by atoms with Crippen LogP contribution in [0.25, 0.3) is 21.9 Å². The molecule has 0 aliphatic carbocycles. The standard InChI is InChI=1S/C23H22FN5O4/c1-32-19-5-2-14(10-15(19)13-28-6-8-33-9-7-28)12-25-29-22(30)21-20(27-23(29)31)17-11-16(24)3-4-18(17)26-21/h2-5,10-12,26H,6-9,13H2,1H3,(H,27,31). The number of ether oxygens (including phenoxy) is 2. The number of halogens is 1. The van der Waals surface area contributed by atoms with E-state index in [9.17, 15) is 14.0 Å². The average Bonchev–Trinajstić information content (AvgIpc) is 3.17. The third-order valence-electron chi connectivity index (χ3n) is 5.72. The van der Waals surface area contributed by atoms with Gasteiger partial charge < -0.3 is 19.4 Å². The van der Waals surface area contributed by atoms with Gasteiger partial charge in [0.2, 0.25) is 0 Å². The molecule has 0 saturated carbocycles. The van der Waals surface area contributed by atoms with Crippen molar-refractivity contribution in [2.75, 3.05) is 33.4 Å². The Morgan fingerprint density at radius 1 is 1.12 bits per heavy atom. The number of aromatic amines is 2. The number of aromatic nitrogens is 3. The quantitative estimate of drug-likeness (QED) is 0.452. The van der Waals surface area contributed by atoms with Crippen LogP contribution in [0.15, 0.2) is 51.1 Å². The van der Waals surface area contributed by atoms with E-state index in [1.807, 2.05) is 12.1 Å². The molecule has 4 aromatic rings. The second-order valence-electron chi connectivity index (χ2n) is 7.82. The molecule has 3 heterocycles. The monoisotopic (exact) mass is 451 g/mol. The van der Waals surface area contributed by atoms with E-state index in [4.69, 9.17) is 9.47 Å². The Bertz CT molecular complexity index is 1480. The zero-order valence-electron chi connectivity index (χ0n) is 17.9. The third-order valence-corrected chi connectivity index (χ3v) is 5.72. The SMILES string of the molecule is COc1ccc(C=Nn2c(=O)[nH]c3c([nH]c4ccc(F)cc43)c2=O)cc1CN1CCOCC1. The van der Waals surface area contributed by atoms with Gasteiger partial charge in [-0.3, -0.25) is 9.69 Å². The van der Waals surface area contributed by atoms with Crippen LogP contribution in [-0.2, 0) is 11.3 Å². The number of morpholine rings is 1. The van der Waals surface area contributed by atoms with Crippen LogP contribution >= 0.6 is 0 Å². The minimum absolute atomic E-state index is 0.148. The van der Waals surface area contributed by atoms with Crippen molar-refractivity contribution in [2.24, 2.45) is 5.10 Å². The Hall–Kier alpha value is -3.76. The van der Waals surface area contributed by atoms with Crippen molar-refractivity contribution in [1.29, 1.82) is 0 Å². The summed E-state index contributed by atoms with van der Waals surface area (Å²) < 4.78 is 25.3. The molecule has 9 nitrogen and oxygen atoms in total. The highest BCUT2D eigenvalue weighted by Gasteiger charge is 2.15. The zero-order valence-corrected chi connectivity index (χ0v) is 17.9. The molecule has 0 unspecified atom stereocenters. The van der Waals surface area contributed by atoms with E-state index < -0.39 is 17.1 Å². The Labute approximate surface area is 187 Å². The number of benzene rings is 2. The Balaban J connectivity index is 1.50. The van der Waals surface area contributed by atoms with E-state index in [2.05, 4.69) is 20.0 Å². The van der Waals surface area contributed by atoms with Gasteiger partial charge in [-0.25, -0.2) is 9.18 Å². The maximum atomic E-state index is 13.6. The van der Waals surface area contributed by atoms with Gasteiger partial charge in [0.15, 0.2) is 0 Å². The summed E-state index contributed by atoms with van der Waals surface area (Å²) in [5.41, 5.74) is 1.29. The van der Waals surface area contributed by atoms with Crippen molar-refractivity contribution >= 4 is 28.2 Å². The van der Waals surface area contributed by atoms with Crippen LogP contribution in [0.5, 0.6) is 5.75 Å². The molecule has 0 radical (unpaired) electrons. The molecule has 2 aromatic carbocycles. The van der Waals surface area contributed by atoms with Crippen LogP contribution in [-0.4, -0.2) is 59.2 Å². The van der Waals surface area contributed by atoms with Gasteiger partial charge in [-0.1, -0.05) is 0 Å². The molecule has 1 fully saturated rings. The highest BCUT2D eigenvalue weighted by Crippen LogP contribution is 2.23. The summed E-state index contributed by atoms with van der Waals surface area (Å²) in [7, 11) is 1.62. The number of fused-ring (bicyclic) bond motifs is 3. The maximum absolute atomic E-state index is 13.6. The van der Waals surface area contributed by atoms with Gasteiger partial charge in [-0.2, -0.15) is 5.10 Å². The smallest absolute Gasteiger partial charge is 0.350 e. The van der Waals surface area contributed by atoms with Crippen LogP contribution in [0.1, 0.15) is 11.1 Å². The molecule has 2 aromatic heterocycles. The first-order valence-electron chi connectivity index (χ1n) is 10.5. The van der Waals surface area contributed by atoms with Gasteiger partial charge in [0.25, 0.3) is 0 Å². The lowest BCUT2D eigenvalue weighted by Crippen LogP contribution is -2.35. The summed E-state index contributed by atoms with van der Waals surface area (Å²) in [6.07, 6.45) is 1.45. The molecule has 33 heavy (non-hydrogen) atoms. The van der Waals surface area contributed by atoms with Gasteiger partial charge in [0, 0.05) is 36.1 Å². The molecular weight excluding hydrogens is 429 g/mol. The predicted octanol–water partition coefficient (Wildman–Crippen LogP) is 2.03. The maximum Gasteiger partial charge on any atom is 0.350 e. The van der Waals surface area contributed by atoms with E-state index in [0.29, 0.717) is 36.2 Å². The second-order valence-corrected chi connectivity index (χ2v) is 7.82. The number of nitrogens with one attached hydrogen (secondary N) is 2. The van der Waals surface area contributed by atoms with Gasteiger partial charge in [0.1, 0.15) is 17.1 Å². The lowest BCUT2D eigenvalue weighted by molar-refractivity contribution is 0.0339. The van der Waals surface area contributed by atoms with E-state index in [1.165, 1.54) is 24.4 Å². The number of rotatable bonds is 5. The number of hydrogen-bond donors (Lipinski definition) is 2. The fourth-order valence-electron chi connectivity index (χ4n) is 4.04. The van der Waals surface area contributed by atoms with Crippen LogP contribution in [0.4, 0.5) is 4.39 Å². The van der Waals surface area contributed by atoms with E-state index in [0.717, 1.165) is 29.1 Å². The first-order valence-corrected chi connectivity index (χ1v) is 10.5. The summed E-state index contributed by atoms with van der Waals surface area (Å²) >= 11 is 0. The molecule has 1 saturated heterocycles. The molecule has 5 rings (SSSR count). The highest BCUT2D eigenvalue weighted by atomic mass is 19.1. The second kappa shape index (κ2) is 8.64. The predicted molar refractivity (Wildman–Crippen MR) is 123 cm³/mol. The van der Waals surface area contributed by atoms with Crippen LogP contribution in [0.3, 0.4) is 0 Å². The van der Waals surface area contributed by atoms with Gasteiger partial charge >= 0.3 is 11.2 Å². The van der Waals surface area contributed by atoms with E-state index in [-0.39, 0.29) is 11.0 Å². The molecule has 0 amide bonds. The summed E-state index contributed by atoms with van der Waals surface area (Å²) in [4.78, 5) is 33.3. The first kappa shape index (κ1) is 21.1. The zero-order chi connectivity index (χ0) is 22.9. The third kappa shape index (κ3) is 4.06.